The molecule has 2 aromatic carbocycles. The van der Waals surface area contributed by atoms with Crippen molar-refractivity contribution >= 4 is 40.8 Å². The van der Waals surface area contributed by atoms with Gasteiger partial charge >= 0.3 is 6.09 Å². The van der Waals surface area contributed by atoms with Gasteiger partial charge in [0.1, 0.15) is 11.4 Å². The van der Waals surface area contributed by atoms with Crippen LogP contribution in [0.15, 0.2) is 55.0 Å². The Balaban J connectivity index is 1.09. The number of piperidine rings is 1. The average Bonchev–Trinajstić information content (AvgIpc) is 3.71. The topological polar surface area (TPSA) is 110 Å². The van der Waals surface area contributed by atoms with Crippen LogP contribution in [0, 0.1) is 12.8 Å². The smallest absolute Gasteiger partial charge is 0.407 e. The zero-order chi connectivity index (χ0) is 31.7. The van der Waals surface area contributed by atoms with Crippen molar-refractivity contribution in [3.05, 3.63) is 71.1 Å². The van der Waals surface area contributed by atoms with E-state index in [1.165, 1.54) is 0 Å². The number of benzene rings is 2. The van der Waals surface area contributed by atoms with Crippen molar-refractivity contribution in [3.8, 4) is 17.0 Å². The summed E-state index contributed by atoms with van der Waals surface area (Å²) in [7, 11) is 0. The van der Waals surface area contributed by atoms with Crippen LogP contribution in [-0.4, -0.2) is 62.6 Å². The van der Waals surface area contributed by atoms with Crippen molar-refractivity contribution in [3.63, 3.8) is 0 Å². The van der Waals surface area contributed by atoms with E-state index in [-0.39, 0.29) is 12.0 Å². The summed E-state index contributed by atoms with van der Waals surface area (Å²) in [6.07, 6.45) is 9.07. The number of nitrogens with one attached hydrogen (secondary N) is 2. The van der Waals surface area contributed by atoms with Gasteiger partial charge in [-0.3, -0.25) is 9.20 Å². The van der Waals surface area contributed by atoms with E-state index in [0.29, 0.717) is 53.4 Å². The third-order valence-electron chi connectivity index (χ3n) is 8.03. The number of ether oxygens (including phenoxy) is 2. The van der Waals surface area contributed by atoms with Crippen LogP contribution in [0.3, 0.4) is 0 Å². The van der Waals surface area contributed by atoms with Crippen LogP contribution in [-0.2, 0) is 4.74 Å². The number of amides is 2. The fourth-order valence-electron chi connectivity index (χ4n) is 5.51. The first kappa shape index (κ1) is 30.7. The third-order valence-corrected chi connectivity index (χ3v) is 8.32. The molecule has 0 radical (unpaired) electrons. The van der Waals surface area contributed by atoms with E-state index >= 15 is 0 Å². The Morgan fingerprint density at radius 1 is 1.04 bits per heavy atom. The minimum Gasteiger partial charge on any atom is -0.489 e. The maximum atomic E-state index is 13.4. The molecular weight excluding hydrogens is 592 g/mol. The lowest BCUT2D eigenvalue weighted by Crippen LogP contribution is -2.42. The number of carbonyl (C=O) groups excluding carboxylic acids is 2. The summed E-state index contributed by atoms with van der Waals surface area (Å²) in [4.78, 5) is 36.5. The lowest BCUT2D eigenvalue weighted by atomic mass is 9.96. The van der Waals surface area contributed by atoms with Gasteiger partial charge in [0.05, 0.1) is 23.0 Å². The molecule has 3 heterocycles. The highest BCUT2D eigenvalue weighted by molar-refractivity contribution is 6.32. The van der Waals surface area contributed by atoms with Gasteiger partial charge in [0.15, 0.2) is 11.5 Å². The van der Waals surface area contributed by atoms with E-state index in [1.54, 1.807) is 12.4 Å². The maximum absolute atomic E-state index is 13.4. The number of fused-ring (bicyclic) bond motifs is 1. The summed E-state index contributed by atoms with van der Waals surface area (Å²) in [5, 5.41) is 6.82. The van der Waals surface area contributed by atoms with Gasteiger partial charge in [0, 0.05) is 48.8 Å². The summed E-state index contributed by atoms with van der Waals surface area (Å²) in [6, 6.07) is 11.5. The van der Waals surface area contributed by atoms with E-state index in [4.69, 9.17) is 21.1 Å². The van der Waals surface area contributed by atoms with Gasteiger partial charge in [-0.25, -0.2) is 14.8 Å². The number of carbonyl (C=O) groups is 2. The molecule has 0 unspecified atom stereocenters. The van der Waals surface area contributed by atoms with E-state index in [1.807, 2.05) is 79.6 Å². The molecule has 10 nitrogen and oxygen atoms in total. The quantitative estimate of drug-likeness (QED) is 0.215. The molecule has 45 heavy (non-hydrogen) atoms. The molecule has 0 atom stereocenters. The van der Waals surface area contributed by atoms with Crippen molar-refractivity contribution < 1.29 is 19.1 Å². The van der Waals surface area contributed by atoms with Gasteiger partial charge in [-0.1, -0.05) is 11.6 Å². The number of aromatic nitrogens is 3. The van der Waals surface area contributed by atoms with E-state index in [9.17, 15) is 9.59 Å². The van der Waals surface area contributed by atoms with Gasteiger partial charge in [0.25, 0.3) is 5.91 Å². The molecule has 2 aliphatic rings. The Morgan fingerprint density at radius 3 is 2.51 bits per heavy atom. The van der Waals surface area contributed by atoms with Crippen LogP contribution in [0.2, 0.25) is 5.02 Å². The first-order chi connectivity index (χ1) is 21.5. The molecule has 1 aliphatic heterocycles. The first-order valence-corrected chi connectivity index (χ1v) is 15.8. The van der Waals surface area contributed by atoms with Crippen molar-refractivity contribution in [2.45, 2.75) is 65.1 Å². The number of aryl methyl sites for hydroxylation is 1. The number of likely N-dealkylation sites (tertiary alicyclic amines) is 1. The largest absolute Gasteiger partial charge is 0.489 e. The fraction of sp³-hybridized carbons (Fsp3) is 0.412. The van der Waals surface area contributed by atoms with Crippen molar-refractivity contribution in [1.82, 2.24) is 24.6 Å². The molecule has 1 saturated carbocycles. The zero-order valence-electron chi connectivity index (χ0n) is 26.1. The number of hydrogen-bond donors (Lipinski definition) is 2. The van der Waals surface area contributed by atoms with Crippen LogP contribution in [0.5, 0.6) is 5.75 Å². The summed E-state index contributed by atoms with van der Waals surface area (Å²) >= 11 is 6.53. The van der Waals surface area contributed by atoms with Crippen molar-refractivity contribution in [1.29, 1.82) is 0 Å². The molecule has 4 aromatic rings. The Labute approximate surface area is 268 Å². The highest BCUT2D eigenvalue weighted by Crippen LogP contribution is 2.35. The van der Waals surface area contributed by atoms with Gasteiger partial charge in [-0.15, -0.1) is 0 Å². The van der Waals surface area contributed by atoms with E-state index < -0.39 is 11.7 Å². The molecule has 2 aromatic heterocycles. The summed E-state index contributed by atoms with van der Waals surface area (Å²) in [5.74, 6) is 1.63. The third kappa shape index (κ3) is 7.33. The number of anilines is 2. The lowest BCUT2D eigenvalue weighted by molar-refractivity contribution is 0.0500. The van der Waals surface area contributed by atoms with E-state index in [2.05, 4.69) is 20.6 Å². The first-order valence-electron chi connectivity index (χ1n) is 15.5. The summed E-state index contributed by atoms with van der Waals surface area (Å²) in [5.41, 5.74) is 4.31. The molecular formula is C34H39ClN6O4. The van der Waals surface area contributed by atoms with Gasteiger partial charge < -0.3 is 25.0 Å². The Kier molecular flexibility index (Phi) is 8.59. The number of halogens is 1. The van der Waals surface area contributed by atoms with Gasteiger partial charge in [0.2, 0.25) is 0 Å². The lowest BCUT2D eigenvalue weighted by Gasteiger charge is -2.32. The molecule has 2 amide bonds. The van der Waals surface area contributed by atoms with E-state index in [0.717, 1.165) is 48.2 Å². The molecule has 2 fully saturated rings. The van der Waals surface area contributed by atoms with Crippen molar-refractivity contribution in [2.24, 2.45) is 5.92 Å². The molecule has 6 rings (SSSR count). The highest BCUT2D eigenvalue weighted by Gasteiger charge is 2.26. The number of imidazole rings is 1. The Morgan fingerprint density at radius 2 is 1.82 bits per heavy atom. The average molecular weight is 631 g/mol. The standard InChI is InChI=1S/C34H39ClN6O4/c1-21-17-24(6-9-26(21)32(42)40-14-11-22(12-15-40)19-38-33(43)45-34(2,3)4)39-30-31-37-20-28(41(31)16-13-36-30)23-5-10-29(27(35)18-23)44-25-7-8-25/h5-6,9-10,13,16-18,20,22,25H,7-8,11-12,14-15,19H2,1-4H3,(H,36,39)(H,38,43). The van der Waals surface area contributed by atoms with Crippen molar-refractivity contribution in [2.75, 3.05) is 25.0 Å². The number of rotatable bonds is 8. The van der Waals surface area contributed by atoms with Crippen LogP contribution >= 0.6 is 11.6 Å². The molecule has 236 valence electrons. The van der Waals surface area contributed by atoms with Crippen LogP contribution < -0.4 is 15.4 Å². The second-order valence-electron chi connectivity index (χ2n) is 12.8. The van der Waals surface area contributed by atoms with Crippen LogP contribution in [0.4, 0.5) is 16.3 Å². The second-order valence-corrected chi connectivity index (χ2v) is 13.3. The summed E-state index contributed by atoms with van der Waals surface area (Å²) in [6.45, 7) is 9.32. The maximum Gasteiger partial charge on any atom is 0.407 e. The number of nitrogens with zero attached hydrogens (tertiary/aromatic N) is 4. The number of alkyl carbamates (subject to hydrolysis) is 1. The van der Waals surface area contributed by atoms with Crippen LogP contribution in [0.1, 0.15) is 62.4 Å². The van der Waals surface area contributed by atoms with Crippen LogP contribution in [0.25, 0.3) is 16.9 Å². The molecule has 0 bridgehead atoms. The minimum atomic E-state index is -0.525. The SMILES string of the molecule is Cc1cc(Nc2nccn3c(-c4ccc(OC5CC5)c(Cl)c4)cnc23)ccc1C(=O)N1CCC(CNC(=O)OC(C)(C)C)CC1. The number of hydrogen-bond acceptors (Lipinski definition) is 7. The zero-order valence-corrected chi connectivity index (χ0v) is 26.9. The molecule has 11 heteroatoms. The highest BCUT2D eigenvalue weighted by atomic mass is 35.5. The Bertz CT molecular complexity index is 1720. The molecule has 0 spiro atoms. The Hall–Kier alpha value is -4.31. The second kappa shape index (κ2) is 12.6. The van der Waals surface area contributed by atoms with Gasteiger partial charge in [-0.2, -0.15) is 0 Å². The predicted molar refractivity (Wildman–Crippen MR) is 174 cm³/mol. The monoisotopic (exact) mass is 630 g/mol. The predicted octanol–water partition coefficient (Wildman–Crippen LogP) is 7.02. The molecule has 1 aliphatic carbocycles. The molecule has 1 saturated heterocycles. The normalized spacial score (nSPS) is 15.6. The molecule has 2 N–H and O–H groups in total. The van der Waals surface area contributed by atoms with Gasteiger partial charge in [-0.05, 0) is 101 Å². The fourth-order valence-corrected chi connectivity index (χ4v) is 5.74. The minimum absolute atomic E-state index is 0.0166. The summed E-state index contributed by atoms with van der Waals surface area (Å²) < 4.78 is 13.2.